The lowest BCUT2D eigenvalue weighted by molar-refractivity contribution is -0.122. The summed E-state index contributed by atoms with van der Waals surface area (Å²) in [6.45, 7) is 3.99. The van der Waals surface area contributed by atoms with Crippen molar-refractivity contribution >= 4 is 5.91 Å². The van der Waals surface area contributed by atoms with Crippen molar-refractivity contribution in [2.75, 3.05) is 7.05 Å². The number of amides is 1. The molecule has 1 amide bonds. The lowest BCUT2D eigenvalue weighted by Gasteiger charge is -2.15. The van der Waals surface area contributed by atoms with Crippen LogP contribution in [0.15, 0.2) is 0 Å². The summed E-state index contributed by atoms with van der Waals surface area (Å²) in [6, 6.07) is -0.352. The minimum Gasteiger partial charge on any atom is -0.358 e. The van der Waals surface area contributed by atoms with Gasteiger partial charge >= 0.3 is 0 Å². The van der Waals surface area contributed by atoms with Crippen molar-refractivity contribution in [1.29, 1.82) is 0 Å². The van der Waals surface area contributed by atoms with Gasteiger partial charge in [0.25, 0.3) is 0 Å². The first-order valence-electron chi connectivity index (χ1n) is 3.60. The van der Waals surface area contributed by atoms with Crippen molar-refractivity contribution in [2.45, 2.75) is 26.3 Å². The second kappa shape index (κ2) is 4.28. The molecule has 0 spiro atoms. The molecule has 0 aromatic carbocycles. The van der Waals surface area contributed by atoms with Crippen LogP contribution in [0, 0.1) is 5.92 Å². The largest absolute Gasteiger partial charge is 0.358 e. The molecule has 0 heterocycles. The van der Waals surface area contributed by atoms with E-state index in [0.717, 1.165) is 6.42 Å². The fourth-order valence-corrected chi connectivity index (χ4v) is 0.679. The minimum atomic E-state index is -0.352. The van der Waals surface area contributed by atoms with Gasteiger partial charge in [-0.1, -0.05) is 20.3 Å². The monoisotopic (exact) mass is 144 g/mol. The fourth-order valence-electron chi connectivity index (χ4n) is 0.679. The van der Waals surface area contributed by atoms with Crippen LogP contribution in [-0.4, -0.2) is 19.0 Å². The predicted octanol–water partition coefficient (Wildman–Crippen LogP) is 0.106. The Kier molecular flexibility index (Phi) is 4.03. The maximum Gasteiger partial charge on any atom is 0.236 e. The quantitative estimate of drug-likeness (QED) is 0.590. The van der Waals surface area contributed by atoms with Gasteiger partial charge in [-0.15, -0.1) is 0 Å². The lowest BCUT2D eigenvalue weighted by Crippen LogP contribution is -2.43. The third-order valence-corrected chi connectivity index (χ3v) is 1.81. The van der Waals surface area contributed by atoms with Crippen molar-refractivity contribution in [3.05, 3.63) is 0 Å². The summed E-state index contributed by atoms with van der Waals surface area (Å²) < 4.78 is 0. The van der Waals surface area contributed by atoms with Crippen molar-refractivity contribution in [2.24, 2.45) is 11.7 Å². The molecule has 0 radical (unpaired) electrons. The molecule has 0 aromatic rings. The molecule has 0 rings (SSSR count). The molecule has 0 aromatic heterocycles. The van der Waals surface area contributed by atoms with Crippen LogP contribution in [0.1, 0.15) is 20.3 Å². The highest BCUT2D eigenvalue weighted by Gasteiger charge is 2.17. The summed E-state index contributed by atoms with van der Waals surface area (Å²) in [4.78, 5) is 10.9. The second-order valence-electron chi connectivity index (χ2n) is 2.53. The van der Waals surface area contributed by atoms with Gasteiger partial charge < -0.3 is 11.1 Å². The molecule has 0 aliphatic carbocycles. The molecule has 3 N–H and O–H groups in total. The number of hydrogen-bond donors (Lipinski definition) is 2. The first-order valence-corrected chi connectivity index (χ1v) is 3.60. The van der Waals surface area contributed by atoms with Crippen LogP contribution in [0.25, 0.3) is 0 Å². The summed E-state index contributed by atoms with van der Waals surface area (Å²) in [5.74, 6) is 0.189. The van der Waals surface area contributed by atoms with Crippen LogP contribution in [-0.2, 0) is 4.79 Å². The number of hydrogen-bond acceptors (Lipinski definition) is 2. The first kappa shape index (κ1) is 9.43. The Bertz CT molecular complexity index is 114. The highest BCUT2D eigenvalue weighted by atomic mass is 16.2. The molecule has 1 unspecified atom stereocenters. The SMILES string of the molecule is CCC(C)[C@@H](N)C(=O)NC. The second-order valence-corrected chi connectivity index (χ2v) is 2.53. The summed E-state index contributed by atoms with van der Waals surface area (Å²) in [5, 5.41) is 2.52. The van der Waals surface area contributed by atoms with Gasteiger partial charge in [0.15, 0.2) is 0 Å². The fraction of sp³-hybridized carbons (Fsp3) is 0.857. The first-order chi connectivity index (χ1) is 4.63. The molecule has 0 aliphatic rings. The Morgan fingerprint density at radius 2 is 2.20 bits per heavy atom. The smallest absolute Gasteiger partial charge is 0.236 e. The Morgan fingerprint density at radius 3 is 2.50 bits per heavy atom. The van der Waals surface area contributed by atoms with E-state index < -0.39 is 0 Å². The van der Waals surface area contributed by atoms with E-state index in [1.54, 1.807) is 7.05 Å². The molecule has 0 fully saturated rings. The number of nitrogens with two attached hydrogens (primary N) is 1. The standard InChI is InChI=1S/C7H16N2O/c1-4-5(2)6(8)7(10)9-3/h5-6H,4,8H2,1-3H3,(H,9,10)/t5?,6-/m1/s1. The predicted molar refractivity (Wildman–Crippen MR) is 41.5 cm³/mol. The van der Waals surface area contributed by atoms with Crippen LogP contribution < -0.4 is 11.1 Å². The van der Waals surface area contributed by atoms with E-state index in [2.05, 4.69) is 5.32 Å². The Balaban J connectivity index is 3.81. The normalized spacial score (nSPS) is 16.0. The van der Waals surface area contributed by atoms with Gasteiger partial charge in [0.2, 0.25) is 5.91 Å². The molecule has 0 aliphatic heterocycles. The van der Waals surface area contributed by atoms with Crippen molar-refractivity contribution < 1.29 is 4.79 Å². The van der Waals surface area contributed by atoms with E-state index in [4.69, 9.17) is 5.73 Å². The van der Waals surface area contributed by atoms with E-state index in [1.807, 2.05) is 13.8 Å². The van der Waals surface area contributed by atoms with Crippen LogP contribution in [0.3, 0.4) is 0 Å². The zero-order chi connectivity index (χ0) is 8.15. The van der Waals surface area contributed by atoms with Crippen molar-refractivity contribution in [3.8, 4) is 0 Å². The number of rotatable bonds is 3. The summed E-state index contributed by atoms with van der Waals surface area (Å²) in [6.07, 6.45) is 0.939. The summed E-state index contributed by atoms with van der Waals surface area (Å²) in [7, 11) is 1.60. The molecule has 2 atom stereocenters. The lowest BCUT2D eigenvalue weighted by atomic mass is 10.00. The molecule has 0 saturated carbocycles. The molecule has 0 saturated heterocycles. The van der Waals surface area contributed by atoms with Crippen molar-refractivity contribution in [1.82, 2.24) is 5.32 Å². The number of nitrogens with one attached hydrogen (secondary N) is 1. The van der Waals surface area contributed by atoms with Gasteiger partial charge in [-0.25, -0.2) is 0 Å². The van der Waals surface area contributed by atoms with Crippen LogP contribution in [0.5, 0.6) is 0 Å². The van der Waals surface area contributed by atoms with E-state index in [1.165, 1.54) is 0 Å². The average Bonchev–Trinajstić information content (AvgIpc) is 2.00. The Labute approximate surface area is 62.0 Å². The number of carbonyl (C=O) groups is 1. The highest BCUT2D eigenvalue weighted by molar-refractivity contribution is 5.81. The topological polar surface area (TPSA) is 55.1 Å². The maximum atomic E-state index is 10.9. The van der Waals surface area contributed by atoms with Gasteiger partial charge in [0.1, 0.15) is 0 Å². The molecule has 3 heteroatoms. The van der Waals surface area contributed by atoms with E-state index in [9.17, 15) is 4.79 Å². The van der Waals surface area contributed by atoms with Crippen LogP contribution >= 0.6 is 0 Å². The summed E-state index contributed by atoms with van der Waals surface area (Å²) >= 11 is 0. The molecule has 3 nitrogen and oxygen atoms in total. The Morgan fingerprint density at radius 1 is 1.70 bits per heavy atom. The zero-order valence-electron chi connectivity index (χ0n) is 6.85. The summed E-state index contributed by atoms with van der Waals surface area (Å²) in [5.41, 5.74) is 5.57. The molecule has 10 heavy (non-hydrogen) atoms. The molecular weight excluding hydrogens is 128 g/mol. The van der Waals surface area contributed by atoms with E-state index in [-0.39, 0.29) is 17.9 Å². The van der Waals surface area contributed by atoms with E-state index in [0.29, 0.717) is 0 Å². The van der Waals surface area contributed by atoms with Gasteiger partial charge in [-0.2, -0.15) is 0 Å². The minimum absolute atomic E-state index is 0.0747. The molecular formula is C7H16N2O. The van der Waals surface area contributed by atoms with Crippen molar-refractivity contribution in [3.63, 3.8) is 0 Å². The van der Waals surface area contributed by atoms with E-state index >= 15 is 0 Å². The third kappa shape index (κ3) is 2.35. The highest BCUT2D eigenvalue weighted by Crippen LogP contribution is 2.04. The number of likely N-dealkylation sites (N-methyl/N-ethyl adjacent to an activating group) is 1. The average molecular weight is 144 g/mol. The number of carbonyl (C=O) groups excluding carboxylic acids is 1. The maximum absolute atomic E-state index is 10.9. The van der Waals surface area contributed by atoms with Crippen LogP contribution in [0.4, 0.5) is 0 Å². The zero-order valence-corrected chi connectivity index (χ0v) is 6.85. The van der Waals surface area contributed by atoms with Crippen LogP contribution in [0.2, 0.25) is 0 Å². The Hall–Kier alpha value is -0.570. The van der Waals surface area contributed by atoms with Gasteiger partial charge in [-0.05, 0) is 5.92 Å². The molecule has 60 valence electrons. The molecule has 0 bridgehead atoms. The van der Waals surface area contributed by atoms with Gasteiger partial charge in [-0.3, -0.25) is 4.79 Å². The third-order valence-electron chi connectivity index (χ3n) is 1.81. The van der Waals surface area contributed by atoms with Gasteiger partial charge in [0, 0.05) is 7.05 Å². The van der Waals surface area contributed by atoms with Gasteiger partial charge in [0.05, 0.1) is 6.04 Å².